The fourth-order valence-electron chi connectivity index (χ4n) is 3.11. The van der Waals surface area contributed by atoms with E-state index in [1.807, 2.05) is 58.9 Å². The number of carbonyl (C=O) groups excluding carboxylic acids is 2. The minimum Gasteiger partial charge on any atom is -0.443 e. The Balaban J connectivity index is 2.63. The van der Waals surface area contributed by atoms with Crippen LogP contribution in [0.25, 0.3) is 0 Å². The fourth-order valence-corrected chi connectivity index (χ4v) is 3.11. The van der Waals surface area contributed by atoms with Crippen molar-refractivity contribution >= 4 is 23.4 Å². The number of anilines is 2. The molecule has 0 aromatic heterocycles. The number of nitrogens with zero attached hydrogens (tertiary/aromatic N) is 2. The summed E-state index contributed by atoms with van der Waals surface area (Å²) < 4.78 is 11.2. The highest BCUT2D eigenvalue weighted by atomic mass is 16.6. The van der Waals surface area contributed by atoms with Crippen molar-refractivity contribution in [2.24, 2.45) is 0 Å². The van der Waals surface area contributed by atoms with E-state index >= 15 is 0 Å². The van der Waals surface area contributed by atoms with Gasteiger partial charge in [0.1, 0.15) is 5.60 Å². The molecule has 0 spiro atoms. The number of amides is 2. The maximum atomic E-state index is 13.0. The number of fused-ring (bicyclic) bond motifs is 1. The zero-order valence-electron chi connectivity index (χ0n) is 17.5. The molecule has 0 aliphatic carbocycles. The van der Waals surface area contributed by atoms with Crippen LogP contribution in [0.3, 0.4) is 0 Å². The van der Waals surface area contributed by atoms with Crippen LogP contribution in [-0.4, -0.2) is 38.3 Å². The first-order valence-electron chi connectivity index (χ1n) is 9.03. The molecule has 0 saturated carbocycles. The molecule has 1 heterocycles. The van der Waals surface area contributed by atoms with Gasteiger partial charge in [-0.3, -0.25) is 9.69 Å². The Morgan fingerprint density at radius 3 is 2.44 bits per heavy atom. The molecule has 0 radical (unpaired) electrons. The van der Waals surface area contributed by atoms with Crippen LogP contribution in [0.5, 0.6) is 0 Å². The minimum atomic E-state index is -1.16. The second-order valence-corrected chi connectivity index (χ2v) is 8.15. The molecule has 1 atom stereocenters. The summed E-state index contributed by atoms with van der Waals surface area (Å²) in [6.45, 7) is 11.5. The third-order valence-corrected chi connectivity index (χ3v) is 4.57. The lowest BCUT2D eigenvalue weighted by Crippen LogP contribution is -2.40. The monoisotopic (exact) mass is 374 g/mol. The first-order chi connectivity index (χ1) is 12.4. The number of hydrogen-bond donors (Lipinski definition) is 0. The van der Waals surface area contributed by atoms with Crippen LogP contribution in [0, 0.1) is 0 Å². The van der Waals surface area contributed by atoms with Crippen LogP contribution < -0.4 is 9.80 Å². The van der Waals surface area contributed by atoms with E-state index in [0.29, 0.717) is 17.8 Å². The zero-order chi connectivity index (χ0) is 20.6. The molecule has 1 aliphatic rings. The maximum absolute atomic E-state index is 13.0. The molecule has 6 nitrogen and oxygen atoms in total. The van der Waals surface area contributed by atoms with E-state index in [2.05, 4.69) is 0 Å². The highest BCUT2D eigenvalue weighted by Gasteiger charge is 2.49. The van der Waals surface area contributed by atoms with E-state index < -0.39 is 17.3 Å². The SMILES string of the molecule is COC1(C)C(=O)N(C)c2cccc(N(CC=C(C)C)C(=O)OC(C)(C)C)c21. The van der Waals surface area contributed by atoms with Crippen molar-refractivity contribution in [1.29, 1.82) is 0 Å². The number of carbonyl (C=O) groups is 2. The van der Waals surface area contributed by atoms with E-state index in [1.165, 1.54) is 7.11 Å². The Labute approximate surface area is 161 Å². The summed E-state index contributed by atoms with van der Waals surface area (Å²) in [6.07, 6.45) is 1.49. The standard InChI is InChI=1S/C21H30N2O4/c1-14(2)12-13-23(19(25)27-20(3,4)5)16-11-9-10-15-17(16)21(6,26-8)18(24)22(15)7/h9-12H,13H2,1-8H3. The van der Waals surface area contributed by atoms with Gasteiger partial charge in [0.2, 0.25) is 0 Å². The fraction of sp³-hybridized carbons (Fsp3) is 0.524. The molecule has 1 aromatic carbocycles. The average Bonchev–Trinajstić information content (AvgIpc) is 2.76. The van der Waals surface area contributed by atoms with Gasteiger partial charge in [-0.1, -0.05) is 17.7 Å². The Hall–Kier alpha value is -2.34. The molecule has 6 heteroatoms. The Kier molecular flexibility index (Phi) is 5.71. The van der Waals surface area contributed by atoms with Crippen molar-refractivity contribution in [2.45, 2.75) is 52.7 Å². The topological polar surface area (TPSA) is 59.1 Å². The number of benzene rings is 1. The van der Waals surface area contributed by atoms with Gasteiger partial charge in [-0.2, -0.15) is 0 Å². The predicted octanol–water partition coefficient (Wildman–Crippen LogP) is 4.23. The molecular formula is C21H30N2O4. The molecule has 1 aliphatic heterocycles. The van der Waals surface area contributed by atoms with Crippen LogP contribution >= 0.6 is 0 Å². The molecule has 0 saturated heterocycles. The lowest BCUT2D eigenvalue weighted by Gasteiger charge is -2.30. The van der Waals surface area contributed by atoms with Crippen molar-refractivity contribution in [3.63, 3.8) is 0 Å². The first-order valence-corrected chi connectivity index (χ1v) is 9.03. The van der Waals surface area contributed by atoms with Crippen molar-refractivity contribution in [2.75, 3.05) is 30.5 Å². The van der Waals surface area contributed by atoms with E-state index in [-0.39, 0.29) is 5.91 Å². The van der Waals surface area contributed by atoms with Gasteiger partial charge in [0.05, 0.1) is 11.4 Å². The highest BCUT2D eigenvalue weighted by molar-refractivity contribution is 6.09. The normalized spacial score (nSPS) is 19.0. The van der Waals surface area contributed by atoms with Crippen molar-refractivity contribution in [3.8, 4) is 0 Å². The summed E-state index contributed by atoms with van der Waals surface area (Å²) >= 11 is 0. The highest BCUT2D eigenvalue weighted by Crippen LogP contribution is 2.46. The molecule has 148 valence electrons. The van der Waals surface area contributed by atoms with Gasteiger partial charge in [-0.25, -0.2) is 4.79 Å². The van der Waals surface area contributed by atoms with E-state index in [4.69, 9.17) is 9.47 Å². The average molecular weight is 374 g/mol. The number of likely N-dealkylation sites (N-methyl/N-ethyl adjacent to an activating group) is 1. The largest absolute Gasteiger partial charge is 0.443 e. The minimum absolute atomic E-state index is 0.168. The second kappa shape index (κ2) is 7.35. The van der Waals surface area contributed by atoms with Crippen LogP contribution in [0.15, 0.2) is 29.8 Å². The number of ether oxygens (including phenoxy) is 2. The van der Waals surface area contributed by atoms with Crippen LogP contribution in [0.4, 0.5) is 16.2 Å². The van der Waals surface area contributed by atoms with Crippen molar-refractivity contribution in [1.82, 2.24) is 0 Å². The maximum Gasteiger partial charge on any atom is 0.415 e. The molecule has 1 unspecified atom stereocenters. The Bertz CT molecular complexity index is 775. The molecule has 2 rings (SSSR count). The molecule has 2 amide bonds. The van der Waals surface area contributed by atoms with Crippen molar-refractivity contribution in [3.05, 3.63) is 35.4 Å². The van der Waals surface area contributed by atoms with E-state index in [0.717, 1.165) is 11.3 Å². The van der Waals surface area contributed by atoms with Gasteiger partial charge in [0.15, 0.2) is 5.60 Å². The van der Waals surface area contributed by atoms with E-state index in [1.54, 1.807) is 23.8 Å². The van der Waals surface area contributed by atoms with Gasteiger partial charge < -0.3 is 14.4 Å². The summed E-state index contributed by atoms with van der Waals surface area (Å²) in [5, 5.41) is 0. The van der Waals surface area contributed by atoms with Gasteiger partial charge in [0.25, 0.3) is 5.91 Å². The summed E-state index contributed by atoms with van der Waals surface area (Å²) in [4.78, 5) is 28.9. The zero-order valence-corrected chi connectivity index (χ0v) is 17.5. The summed E-state index contributed by atoms with van der Waals surface area (Å²) in [5.41, 5.74) is 1.31. The molecule has 0 N–H and O–H groups in total. The molecule has 0 fully saturated rings. The summed E-state index contributed by atoms with van der Waals surface area (Å²) in [6, 6.07) is 5.51. The molecule has 27 heavy (non-hydrogen) atoms. The third-order valence-electron chi connectivity index (χ3n) is 4.57. The lowest BCUT2D eigenvalue weighted by molar-refractivity contribution is -0.137. The quantitative estimate of drug-likeness (QED) is 0.740. The summed E-state index contributed by atoms with van der Waals surface area (Å²) in [5.74, 6) is -0.168. The van der Waals surface area contributed by atoms with Crippen molar-refractivity contribution < 1.29 is 19.1 Å². The number of rotatable bonds is 4. The van der Waals surface area contributed by atoms with Crippen LogP contribution in [0.2, 0.25) is 0 Å². The second-order valence-electron chi connectivity index (χ2n) is 8.15. The third kappa shape index (κ3) is 4.00. The Morgan fingerprint density at radius 1 is 1.30 bits per heavy atom. The lowest BCUT2D eigenvalue weighted by atomic mass is 9.95. The predicted molar refractivity (Wildman–Crippen MR) is 107 cm³/mol. The number of hydrogen-bond acceptors (Lipinski definition) is 4. The van der Waals surface area contributed by atoms with Gasteiger partial charge in [0, 0.05) is 26.3 Å². The van der Waals surface area contributed by atoms with E-state index in [9.17, 15) is 9.59 Å². The van der Waals surface area contributed by atoms with Gasteiger partial charge in [-0.15, -0.1) is 0 Å². The summed E-state index contributed by atoms with van der Waals surface area (Å²) in [7, 11) is 3.22. The number of allylic oxidation sites excluding steroid dienone is 1. The Morgan fingerprint density at radius 2 is 1.93 bits per heavy atom. The molecular weight excluding hydrogens is 344 g/mol. The first kappa shape index (κ1) is 21.0. The molecule has 1 aromatic rings. The molecule has 0 bridgehead atoms. The van der Waals surface area contributed by atoms with Gasteiger partial charge in [-0.05, 0) is 53.7 Å². The number of methoxy groups -OCH3 is 1. The van der Waals surface area contributed by atoms with Gasteiger partial charge >= 0.3 is 6.09 Å². The smallest absolute Gasteiger partial charge is 0.415 e. The van der Waals surface area contributed by atoms with Crippen LogP contribution in [-0.2, 0) is 19.9 Å². The van der Waals surface area contributed by atoms with Crippen LogP contribution in [0.1, 0.15) is 47.1 Å².